The molecule has 0 aliphatic heterocycles. The minimum atomic E-state index is -0.987. The first-order valence-corrected chi connectivity index (χ1v) is 12.1. The van der Waals surface area contributed by atoms with Crippen LogP contribution in [0, 0.1) is 17.8 Å². The molecule has 2 amide bonds. The molecule has 6 N–H and O–H groups in total. The Labute approximate surface area is 274 Å². The fourth-order valence-electron chi connectivity index (χ4n) is 2.15. The summed E-state index contributed by atoms with van der Waals surface area (Å²) in [6.07, 6.45) is 5.72. The quantitative estimate of drug-likeness (QED) is 0.141. The molecule has 0 saturated heterocycles. The third kappa shape index (κ3) is 28.3. The van der Waals surface area contributed by atoms with Crippen LogP contribution in [0.4, 0.5) is 0 Å². The van der Waals surface area contributed by atoms with Gasteiger partial charge in [-0.1, -0.05) is 14.9 Å². The molecule has 0 aromatic rings. The van der Waals surface area contributed by atoms with Gasteiger partial charge in [0.15, 0.2) is 0 Å². The number of amides is 2. The predicted octanol–water partition coefficient (Wildman–Crippen LogP) is -1.13. The molecule has 0 unspecified atom stereocenters. The number of halogens is 2. The number of aliphatic carboxylic acids is 1. The maximum absolute atomic E-state index is 11.1. The van der Waals surface area contributed by atoms with Gasteiger partial charge >= 0.3 is 36.8 Å². The van der Waals surface area contributed by atoms with Gasteiger partial charge in [0.2, 0.25) is 17.1 Å². The van der Waals surface area contributed by atoms with Gasteiger partial charge in [0.25, 0.3) is 0 Å². The van der Waals surface area contributed by atoms with Crippen LogP contribution in [0.1, 0.15) is 74.1 Å². The van der Waals surface area contributed by atoms with Crippen LogP contribution in [-0.2, 0) is 38.2 Å². The molecular weight excluding hydrogens is 591 g/mol. The van der Waals surface area contributed by atoms with Crippen molar-refractivity contribution >= 4 is 67.4 Å². The molecule has 0 aromatic heterocycles. The number of nitrogens with one attached hydrogen (secondary N) is 2. The van der Waals surface area contributed by atoms with Crippen LogP contribution in [0.3, 0.4) is 0 Å². The first kappa shape index (κ1) is 56.0. The van der Waals surface area contributed by atoms with E-state index in [-0.39, 0.29) is 101 Å². The number of hydrogen-bond donors (Lipinski definition) is 4. The Morgan fingerprint density at radius 3 is 1.24 bits per heavy atom. The molecule has 3 aliphatic rings. The molecule has 3 aliphatic carbocycles. The summed E-state index contributed by atoms with van der Waals surface area (Å²) in [6.45, 7) is 4.65. The molecule has 42 heavy (non-hydrogen) atoms. The van der Waals surface area contributed by atoms with Crippen LogP contribution in [-0.4, -0.2) is 86.3 Å². The largest absolute Gasteiger partial charge is 1.00 e. The second-order valence-electron chi connectivity index (χ2n) is 8.76. The second-order valence-corrected chi connectivity index (χ2v) is 9.13. The van der Waals surface area contributed by atoms with Crippen molar-refractivity contribution in [1.29, 1.82) is 0 Å². The summed E-state index contributed by atoms with van der Waals surface area (Å²) in [5, 5.41) is 13.2. The van der Waals surface area contributed by atoms with Crippen LogP contribution >= 0.6 is 24.0 Å². The Hall–Kier alpha value is -1.82. The minimum absolute atomic E-state index is 0. The monoisotopic (exact) mass is 638 g/mol. The van der Waals surface area contributed by atoms with Crippen molar-refractivity contribution in [1.82, 2.24) is 10.6 Å². The molecule has 241 valence electrons. The number of hydrogen-bond acceptors (Lipinski definition) is 10. The number of carbonyl (C=O) groups excluding carboxylic acids is 5. The summed E-state index contributed by atoms with van der Waals surface area (Å²) in [4.78, 5) is 63.3. The van der Waals surface area contributed by atoms with Crippen LogP contribution in [0.5, 0.6) is 0 Å². The van der Waals surface area contributed by atoms with Gasteiger partial charge in [-0.15, -0.1) is 12.4 Å². The van der Waals surface area contributed by atoms with E-state index in [2.05, 4.69) is 20.1 Å². The van der Waals surface area contributed by atoms with Crippen LogP contribution in [0.25, 0.3) is 0 Å². The summed E-state index contributed by atoms with van der Waals surface area (Å²) < 4.78 is 8.71. The molecule has 0 bridgehead atoms. The number of nitrogens with two attached hydrogens (primary N) is 1. The van der Waals surface area contributed by atoms with E-state index >= 15 is 0 Å². The van der Waals surface area contributed by atoms with Crippen molar-refractivity contribution in [3.05, 3.63) is 0 Å². The molecule has 0 spiro atoms. The van der Waals surface area contributed by atoms with Crippen molar-refractivity contribution in [3.8, 4) is 0 Å². The molecule has 17 heteroatoms. The van der Waals surface area contributed by atoms with Gasteiger partial charge in [-0.3, -0.25) is 24.0 Å². The molecule has 3 atom stereocenters. The van der Waals surface area contributed by atoms with E-state index in [0.717, 1.165) is 38.5 Å². The third-order valence-corrected chi connectivity index (χ3v) is 5.32. The van der Waals surface area contributed by atoms with E-state index in [4.69, 9.17) is 22.4 Å². The Kier molecular flexibility index (Phi) is 39.0. The predicted molar refractivity (Wildman–Crippen MR) is 158 cm³/mol. The molecule has 3 fully saturated rings. The number of carboxylic acid groups (broad SMARTS) is 1. The van der Waals surface area contributed by atoms with Gasteiger partial charge in [0, 0.05) is 26.2 Å². The Bertz CT molecular complexity index is 800. The van der Waals surface area contributed by atoms with Gasteiger partial charge in [-0.2, -0.15) is 0 Å². The first-order valence-electron chi connectivity index (χ1n) is 11.7. The summed E-state index contributed by atoms with van der Waals surface area (Å²) in [7, 11) is 2.62. The van der Waals surface area contributed by atoms with Gasteiger partial charge in [-0.25, -0.2) is 4.79 Å². The molecule has 3 radical (unpaired) electrons. The zero-order valence-electron chi connectivity index (χ0n) is 23.8. The van der Waals surface area contributed by atoms with Crippen LogP contribution in [0.2, 0.25) is 0 Å². The second kappa shape index (κ2) is 29.3. The van der Waals surface area contributed by atoms with Crippen molar-refractivity contribution in [2.24, 2.45) is 23.5 Å². The fraction of sp³-hybridized carbons (Fsp3) is 0.760. The number of methoxy groups -OCH3 is 2. The van der Waals surface area contributed by atoms with Crippen molar-refractivity contribution < 1.29 is 67.7 Å². The average Bonchev–Trinajstić information content (AvgIpc) is 3.70. The Morgan fingerprint density at radius 2 is 1.07 bits per heavy atom. The van der Waals surface area contributed by atoms with Crippen molar-refractivity contribution in [2.75, 3.05) is 14.2 Å². The molecule has 13 nitrogen and oxygen atoms in total. The van der Waals surface area contributed by atoms with E-state index in [1.165, 1.54) is 21.1 Å². The van der Waals surface area contributed by atoms with E-state index in [1.807, 2.05) is 0 Å². The maximum Gasteiger partial charge on any atom is 1.00 e. The van der Waals surface area contributed by atoms with Crippen LogP contribution < -0.4 is 35.2 Å². The van der Waals surface area contributed by atoms with E-state index in [1.54, 1.807) is 13.8 Å². The minimum Gasteiger partial charge on any atom is -0.870 e. The Balaban J connectivity index is -0.0000000765. The van der Waals surface area contributed by atoms with Gasteiger partial charge in [-0.05, 0) is 70.9 Å². The zero-order chi connectivity index (χ0) is 28.0. The number of esters is 2. The molecular formula is C25H48BCl2LiN3O10. The normalized spacial score (nSPS) is 15.3. The van der Waals surface area contributed by atoms with Gasteiger partial charge in [0.05, 0.1) is 14.2 Å². The summed E-state index contributed by atoms with van der Waals surface area (Å²) in [5.74, 6) is -1.48. The number of carbonyl (C=O) groups is 6. The topological polar surface area (TPSA) is 221 Å². The fourth-order valence-corrected chi connectivity index (χ4v) is 2.37. The SMILES string of the molecule is C.C.COC(=O)[C@H](C)N.COC(=O)[C@H](C)NC(=O)C1CC1.C[C@H](NC(=O)C1CC1)C(=O)O.Cl.O=C(Cl)C1CC1.[B].[Li+].[OH-]. The maximum atomic E-state index is 11.1. The average molecular weight is 639 g/mol. The molecule has 3 rings (SSSR count). The first-order chi connectivity index (χ1) is 16.7. The third-order valence-electron chi connectivity index (χ3n) is 5.01. The zero-order valence-corrected chi connectivity index (χ0v) is 25.4. The number of rotatable bonds is 8. The number of carboxylic acids is 1. The van der Waals surface area contributed by atoms with Crippen molar-refractivity contribution in [3.63, 3.8) is 0 Å². The summed E-state index contributed by atoms with van der Waals surface area (Å²) >= 11 is 5.04. The van der Waals surface area contributed by atoms with Gasteiger partial charge < -0.3 is 36.4 Å². The van der Waals surface area contributed by atoms with Gasteiger partial charge in [0.1, 0.15) is 18.1 Å². The molecule has 0 aromatic carbocycles. The Morgan fingerprint density at radius 1 is 0.762 bits per heavy atom. The van der Waals surface area contributed by atoms with Crippen LogP contribution in [0.15, 0.2) is 0 Å². The molecule has 0 heterocycles. The summed E-state index contributed by atoms with van der Waals surface area (Å²) in [6, 6.07) is -1.78. The van der Waals surface area contributed by atoms with E-state index < -0.39 is 30.1 Å². The number of ether oxygens (including phenoxy) is 2. The summed E-state index contributed by atoms with van der Waals surface area (Å²) in [5.41, 5.74) is 5.07. The van der Waals surface area contributed by atoms with Crippen molar-refractivity contribution in [2.45, 2.75) is 92.3 Å². The standard InChI is InChI=1S/C8H13NO3.C7H11NO3.C4H5ClO.C4H9NO2.2CH4.B.ClH.Li.H2O/c1-5(8(11)12-2)9-7(10)6-3-4-6;1-4(7(10)11)8-6(9)5-2-3-5;5-4(6)3-1-2-3;1-3(5)4(6)7-2;;;;;;/h5-6H,3-4H2,1-2H3,(H,9,10);4-5H,2-3H2,1H3,(H,8,9)(H,10,11);3H,1-2H2;3H,5H2,1-2H3;2*1H4;;1H;;1H2/q;;;;;;;;+1;/p-1/t5-;4-;;3-;;;;;;/m00.0....../s1. The van der Waals surface area contributed by atoms with E-state index in [9.17, 15) is 28.8 Å². The molecule has 3 saturated carbocycles. The smallest absolute Gasteiger partial charge is 0.870 e. The van der Waals surface area contributed by atoms with E-state index in [0.29, 0.717) is 0 Å².